The van der Waals surface area contributed by atoms with E-state index in [1.807, 2.05) is 6.07 Å². The summed E-state index contributed by atoms with van der Waals surface area (Å²) in [7, 11) is 0. The quantitative estimate of drug-likeness (QED) is 0.733. The van der Waals surface area contributed by atoms with Gasteiger partial charge in [0.2, 0.25) is 0 Å². The topological polar surface area (TPSA) is 58.8 Å². The molecular weight excluding hydrogens is 281 g/mol. The van der Waals surface area contributed by atoms with Crippen molar-refractivity contribution >= 4 is 0 Å². The second kappa shape index (κ2) is 6.02. The lowest BCUT2D eigenvalue weighted by Crippen LogP contribution is -1.92. The standard InChI is InChI=1S/C17H10FN3O/c18-15-5-3-13(4-6-15)14-10-20-17(21-11-14)22-16-7-1-12(9-19)2-8-16/h1-8,10-11H. The van der Waals surface area contributed by atoms with Crippen molar-refractivity contribution in [3.8, 4) is 29.0 Å². The number of benzene rings is 2. The van der Waals surface area contributed by atoms with Crippen LogP contribution < -0.4 is 4.74 Å². The van der Waals surface area contributed by atoms with Gasteiger partial charge in [-0.3, -0.25) is 0 Å². The van der Waals surface area contributed by atoms with Crippen LogP contribution in [0.3, 0.4) is 0 Å². The molecular formula is C17H10FN3O. The third kappa shape index (κ3) is 3.07. The number of aromatic nitrogens is 2. The second-order valence-corrected chi connectivity index (χ2v) is 4.50. The van der Waals surface area contributed by atoms with E-state index in [0.29, 0.717) is 11.3 Å². The molecule has 0 aliphatic carbocycles. The first-order chi connectivity index (χ1) is 10.7. The highest BCUT2D eigenvalue weighted by atomic mass is 19.1. The summed E-state index contributed by atoms with van der Waals surface area (Å²) in [6, 6.07) is 15.0. The van der Waals surface area contributed by atoms with Gasteiger partial charge in [0, 0.05) is 18.0 Å². The summed E-state index contributed by atoms with van der Waals surface area (Å²) in [6.07, 6.45) is 3.22. The van der Waals surface area contributed by atoms with Gasteiger partial charge >= 0.3 is 6.01 Å². The van der Waals surface area contributed by atoms with Crippen LogP contribution >= 0.6 is 0 Å². The zero-order valence-electron chi connectivity index (χ0n) is 11.4. The molecule has 0 aliphatic rings. The fourth-order valence-electron chi connectivity index (χ4n) is 1.86. The van der Waals surface area contributed by atoms with Crippen LogP contribution in [0.4, 0.5) is 4.39 Å². The summed E-state index contributed by atoms with van der Waals surface area (Å²) in [5, 5.41) is 8.74. The molecule has 3 aromatic rings. The minimum atomic E-state index is -0.287. The summed E-state index contributed by atoms with van der Waals surface area (Å²) in [5.74, 6) is 0.263. The van der Waals surface area contributed by atoms with Crippen LogP contribution in [0.1, 0.15) is 5.56 Å². The molecule has 4 nitrogen and oxygen atoms in total. The number of halogens is 1. The molecule has 1 aromatic heterocycles. The SMILES string of the molecule is N#Cc1ccc(Oc2ncc(-c3ccc(F)cc3)cn2)cc1. The fourth-order valence-corrected chi connectivity index (χ4v) is 1.86. The molecule has 0 radical (unpaired) electrons. The lowest BCUT2D eigenvalue weighted by Gasteiger charge is -2.05. The number of hydrogen-bond acceptors (Lipinski definition) is 4. The first-order valence-corrected chi connectivity index (χ1v) is 6.50. The zero-order chi connectivity index (χ0) is 15.4. The van der Waals surface area contributed by atoms with Gasteiger partial charge in [-0.2, -0.15) is 5.26 Å². The summed E-state index contributed by atoms with van der Waals surface area (Å²) < 4.78 is 18.4. The van der Waals surface area contributed by atoms with Crippen LogP contribution in [0.2, 0.25) is 0 Å². The Hall–Kier alpha value is -3.26. The van der Waals surface area contributed by atoms with Crippen molar-refractivity contribution in [3.63, 3.8) is 0 Å². The lowest BCUT2D eigenvalue weighted by molar-refractivity contribution is 0.442. The number of ether oxygens (including phenoxy) is 1. The molecule has 0 saturated carbocycles. The van der Waals surface area contributed by atoms with Gasteiger partial charge in [-0.25, -0.2) is 14.4 Å². The van der Waals surface area contributed by atoms with Crippen LogP contribution in [0.5, 0.6) is 11.8 Å². The van der Waals surface area contributed by atoms with Gasteiger partial charge in [-0.15, -0.1) is 0 Å². The molecule has 2 aromatic carbocycles. The van der Waals surface area contributed by atoms with Crippen molar-refractivity contribution in [2.24, 2.45) is 0 Å². The molecule has 0 fully saturated rings. The molecule has 0 saturated heterocycles. The molecule has 1 heterocycles. The highest BCUT2D eigenvalue weighted by Crippen LogP contribution is 2.21. The first kappa shape index (κ1) is 13.7. The van der Waals surface area contributed by atoms with Gasteiger partial charge < -0.3 is 4.74 Å². The van der Waals surface area contributed by atoms with E-state index in [-0.39, 0.29) is 11.8 Å². The molecule has 0 aliphatic heterocycles. The first-order valence-electron chi connectivity index (χ1n) is 6.50. The minimum absolute atomic E-state index is 0.204. The molecule has 0 unspecified atom stereocenters. The third-order valence-electron chi connectivity index (χ3n) is 3.00. The smallest absolute Gasteiger partial charge is 0.321 e. The van der Waals surface area contributed by atoms with E-state index < -0.39 is 0 Å². The van der Waals surface area contributed by atoms with Crippen molar-refractivity contribution in [1.82, 2.24) is 9.97 Å². The van der Waals surface area contributed by atoms with Crippen LogP contribution in [-0.2, 0) is 0 Å². The Balaban J connectivity index is 1.76. The van der Waals surface area contributed by atoms with Crippen molar-refractivity contribution in [1.29, 1.82) is 5.26 Å². The van der Waals surface area contributed by atoms with Crippen LogP contribution in [0.15, 0.2) is 60.9 Å². The Morgan fingerprint density at radius 2 is 1.50 bits per heavy atom. The lowest BCUT2D eigenvalue weighted by atomic mass is 10.1. The molecule has 0 bridgehead atoms. The largest absolute Gasteiger partial charge is 0.424 e. The van der Waals surface area contributed by atoms with Crippen molar-refractivity contribution in [2.75, 3.05) is 0 Å². The Bertz CT molecular complexity index is 807. The molecule has 3 rings (SSSR count). The molecule has 0 atom stereocenters. The predicted molar refractivity (Wildman–Crippen MR) is 78.7 cm³/mol. The van der Waals surface area contributed by atoms with E-state index in [4.69, 9.17) is 10.00 Å². The molecule has 0 amide bonds. The Morgan fingerprint density at radius 1 is 0.864 bits per heavy atom. The average Bonchev–Trinajstić information content (AvgIpc) is 2.57. The predicted octanol–water partition coefficient (Wildman–Crippen LogP) is 3.95. The Kier molecular flexibility index (Phi) is 3.75. The molecule has 5 heteroatoms. The van der Waals surface area contributed by atoms with Crippen molar-refractivity contribution < 1.29 is 9.13 Å². The molecule has 22 heavy (non-hydrogen) atoms. The summed E-state index contributed by atoms with van der Waals surface area (Å²) >= 11 is 0. The molecule has 106 valence electrons. The van der Waals surface area contributed by atoms with Crippen LogP contribution in [0, 0.1) is 17.1 Å². The minimum Gasteiger partial charge on any atom is -0.424 e. The van der Waals surface area contributed by atoms with Crippen molar-refractivity contribution in [2.45, 2.75) is 0 Å². The van der Waals surface area contributed by atoms with E-state index in [9.17, 15) is 4.39 Å². The normalized spacial score (nSPS) is 10.0. The zero-order valence-corrected chi connectivity index (χ0v) is 11.4. The maximum atomic E-state index is 12.9. The van der Waals surface area contributed by atoms with Crippen molar-refractivity contribution in [3.05, 3.63) is 72.3 Å². The van der Waals surface area contributed by atoms with E-state index in [1.165, 1.54) is 12.1 Å². The Labute approximate surface area is 126 Å². The average molecular weight is 291 g/mol. The van der Waals surface area contributed by atoms with E-state index in [0.717, 1.165) is 11.1 Å². The maximum Gasteiger partial charge on any atom is 0.321 e. The van der Waals surface area contributed by atoms with Crippen LogP contribution in [0.25, 0.3) is 11.1 Å². The van der Waals surface area contributed by atoms with Crippen LogP contribution in [-0.4, -0.2) is 9.97 Å². The maximum absolute atomic E-state index is 12.9. The molecule has 0 spiro atoms. The van der Waals surface area contributed by atoms with Gasteiger partial charge in [0.25, 0.3) is 0 Å². The second-order valence-electron chi connectivity index (χ2n) is 4.50. The van der Waals surface area contributed by atoms with E-state index in [1.54, 1.807) is 48.8 Å². The van der Waals surface area contributed by atoms with Gasteiger partial charge in [-0.05, 0) is 42.0 Å². The van der Waals surface area contributed by atoms with Gasteiger partial charge in [0.1, 0.15) is 11.6 Å². The number of hydrogen-bond donors (Lipinski definition) is 0. The highest BCUT2D eigenvalue weighted by molar-refractivity contribution is 5.61. The third-order valence-corrected chi connectivity index (χ3v) is 3.00. The Morgan fingerprint density at radius 3 is 2.09 bits per heavy atom. The van der Waals surface area contributed by atoms with E-state index in [2.05, 4.69) is 9.97 Å². The summed E-state index contributed by atoms with van der Waals surface area (Å²) in [4.78, 5) is 8.25. The van der Waals surface area contributed by atoms with Gasteiger partial charge in [-0.1, -0.05) is 12.1 Å². The monoisotopic (exact) mass is 291 g/mol. The summed E-state index contributed by atoms with van der Waals surface area (Å²) in [5.41, 5.74) is 2.15. The summed E-state index contributed by atoms with van der Waals surface area (Å²) in [6.45, 7) is 0. The van der Waals surface area contributed by atoms with Gasteiger partial charge in [0.15, 0.2) is 0 Å². The highest BCUT2D eigenvalue weighted by Gasteiger charge is 2.03. The fraction of sp³-hybridized carbons (Fsp3) is 0. The number of nitriles is 1. The number of rotatable bonds is 3. The van der Waals surface area contributed by atoms with E-state index >= 15 is 0 Å². The van der Waals surface area contributed by atoms with Gasteiger partial charge in [0.05, 0.1) is 11.6 Å². The number of nitrogens with zero attached hydrogens (tertiary/aromatic N) is 3. The molecule has 0 N–H and O–H groups in total.